The van der Waals surface area contributed by atoms with Crippen molar-refractivity contribution in [2.24, 2.45) is 0 Å². The van der Waals surface area contributed by atoms with Crippen molar-refractivity contribution < 1.29 is 14.3 Å². The van der Waals surface area contributed by atoms with E-state index < -0.39 is 5.79 Å². The van der Waals surface area contributed by atoms with Crippen molar-refractivity contribution >= 4 is 11.7 Å². The molecule has 1 N–H and O–H groups in total. The Morgan fingerprint density at radius 1 is 1.04 bits per heavy atom. The number of aromatic nitrogens is 2. The predicted molar refractivity (Wildman–Crippen MR) is 96.9 cm³/mol. The summed E-state index contributed by atoms with van der Waals surface area (Å²) < 4.78 is 11.4. The number of likely N-dealkylation sites (tertiary alicyclic amines) is 1. The largest absolute Gasteiger partial charge is 0.366 e. The zero-order valence-electron chi connectivity index (χ0n) is 15.3. The van der Waals surface area contributed by atoms with Crippen molar-refractivity contribution in [2.45, 2.75) is 63.2 Å². The molecule has 3 aliphatic rings. The van der Waals surface area contributed by atoms with E-state index in [1.165, 1.54) is 38.5 Å². The van der Waals surface area contributed by atoms with E-state index in [4.69, 9.17) is 9.47 Å². The first-order valence-electron chi connectivity index (χ1n) is 9.92. The molecule has 0 atom stereocenters. The third-order valence-electron chi connectivity index (χ3n) is 5.72. The molecule has 1 spiro atoms. The minimum Gasteiger partial charge on any atom is -0.366 e. The Labute approximate surface area is 154 Å². The van der Waals surface area contributed by atoms with E-state index in [0.29, 0.717) is 50.9 Å². The van der Waals surface area contributed by atoms with E-state index >= 15 is 0 Å². The molecule has 7 heteroatoms. The third-order valence-corrected chi connectivity index (χ3v) is 5.72. The topological polar surface area (TPSA) is 76.6 Å². The number of anilines is 1. The quantitative estimate of drug-likeness (QED) is 0.835. The van der Waals surface area contributed by atoms with Gasteiger partial charge in [0.05, 0.1) is 13.2 Å². The highest BCUT2D eigenvalue weighted by Crippen LogP contribution is 2.31. The Morgan fingerprint density at radius 2 is 1.73 bits per heavy atom. The maximum Gasteiger partial charge on any atom is 0.274 e. The van der Waals surface area contributed by atoms with Crippen LogP contribution in [0.5, 0.6) is 0 Å². The Kier molecular flexibility index (Phi) is 5.36. The maximum absolute atomic E-state index is 12.7. The summed E-state index contributed by atoms with van der Waals surface area (Å²) in [7, 11) is 0. The predicted octanol–water partition coefficient (Wildman–Crippen LogP) is 2.59. The van der Waals surface area contributed by atoms with Crippen molar-refractivity contribution in [1.29, 1.82) is 0 Å². The van der Waals surface area contributed by atoms with E-state index in [-0.39, 0.29) is 5.91 Å². The van der Waals surface area contributed by atoms with E-state index in [0.717, 1.165) is 5.82 Å². The van der Waals surface area contributed by atoms with E-state index in [1.807, 2.05) is 11.0 Å². The van der Waals surface area contributed by atoms with Crippen molar-refractivity contribution in [2.75, 3.05) is 31.6 Å². The number of carbonyl (C=O) groups excluding carboxylic acids is 1. The first-order chi connectivity index (χ1) is 12.7. The summed E-state index contributed by atoms with van der Waals surface area (Å²) >= 11 is 0. The first kappa shape index (κ1) is 17.7. The number of nitrogens with zero attached hydrogens (tertiary/aromatic N) is 3. The van der Waals surface area contributed by atoms with E-state index in [2.05, 4.69) is 15.5 Å². The van der Waals surface area contributed by atoms with Crippen molar-refractivity contribution in [3.05, 3.63) is 17.8 Å². The van der Waals surface area contributed by atoms with Gasteiger partial charge in [-0.05, 0) is 25.0 Å². The van der Waals surface area contributed by atoms with E-state index in [1.54, 1.807) is 6.07 Å². The second kappa shape index (κ2) is 7.88. The summed E-state index contributed by atoms with van der Waals surface area (Å²) in [6.45, 7) is 2.55. The molecule has 0 radical (unpaired) electrons. The fourth-order valence-corrected chi connectivity index (χ4v) is 4.15. The lowest BCUT2D eigenvalue weighted by molar-refractivity contribution is -0.181. The van der Waals surface area contributed by atoms with Crippen molar-refractivity contribution in [1.82, 2.24) is 15.1 Å². The lowest BCUT2D eigenvalue weighted by Gasteiger charge is -2.37. The van der Waals surface area contributed by atoms with Crippen molar-refractivity contribution in [3.8, 4) is 0 Å². The monoisotopic (exact) mass is 360 g/mol. The Bertz CT molecular complexity index is 598. The molecule has 2 aliphatic heterocycles. The molecule has 4 rings (SSSR count). The molecule has 3 fully saturated rings. The van der Waals surface area contributed by atoms with Crippen LogP contribution >= 0.6 is 0 Å². The van der Waals surface area contributed by atoms with Crippen LogP contribution in [0.3, 0.4) is 0 Å². The van der Waals surface area contributed by atoms with Crippen LogP contribution in [0, 0.1) is 0 Å². The highest BCUT2D eigenvalue weighted by Gasteiger charge is 2.41. The standard InChI is InChI=1S/C19H28N4O3/c24-18(23-11-9-19(10-12-23)25-13-14-26-19)16-7-8-17(22-21-16)20-15-5-3-1-2-4-6-15/h7-8,15H,1-6,9-14H2,(H,20,22). The molecule has 7 nitrogen and oxygen atoms in total. The fourth-order valence-electron chi connectivity index (χ4n) is 4.15. The number of piperidine rings is 1. The number of ether oxygens (including phenoxy) is 2. The van der Waals surface area contributed by atoms with Crippen LogP contribution in [0.4, 0.5) is 5.82 Å². The molecule has 1 aliphatic carbocycles. The number of nitrogens with one attached hydrogen (secondary N) is 1. The zero-order chi connectivity index (χ0) is 17.8. The average Bonchev–Trinajstić information content (AvgIpc) is 2.97. The fraction of sp³-hybridized carbons (Fsp3) is 0.737. The SMILES string of the molecule is O=C(c1ccc(NC2CCCCCC2)nn1)N1CCC2(CC1)OCCO2. The normalized spacial score (nSPS) is 23.8. The first-order valence-corrected chi connectivity index (χ1v) is 9.92. The van der Waals surface area contributed by atoms with Crippen LogP contribution in [0.1, 0.15) is 61.9 Å². The molecule has 1 aromatic heterocycles. The summed E-state index contributed by atoms with van der Waals surface area (Å²) in [5.74, 6) is 0.236. The molecule has 0 aromatic carbocycles. The summed E-state index contributed by atoms with van der Waals surface area (Å²) in [5, 5.41) is 11.9. The molecule has 1 aromatic rings. The van der Waals surface area contributed by atoms with Gasteiger partial charge < -0.3 is 19.7 Å². The molecular weight excluding hydrogens is 332 g/mol. The molecular formula is C19H28N4O3. The number of carbonyl (C=O) groups is 1. The van der Waals surface area contributed by atoms with Crippen molar-refractivity contribution in [3.63, 3.8) is 0 Å². The third kappa shape index (κ3) is 3.99. The molecule has 3 heterocycles. The highest BCUT2D eigenvalue weighted by atomic mass is 16.7. The summed E-state index contributed by atoms with van der Waals surface area (Å²) in [5.41, 5.74) is 0.403. The molecule has 0 unspecified atom stereocenters. The van der Waals surface area contributed by atoms with Crippen LogP contribution in [0.2, 0.25) is 0 Å². The van der Waals surface area contributed by atoms with Gasteiger partial charge in [-0.3, -0.25) is 4.79 Å². The van der Waals surface area contributed by atoms with Gasteiger partial charge in [0.2, 0.25) is 0 Å². The Hall–Kier alpha value is -1.73. The van der Waals surface area contributed by atoms with Gasteiger partial charge in [-0.2, -0.15) is 0 Å². The Morgan fingerprint density at radius 3 is 2.35 bits per heavy atom. The molecule has 1 saturated carbocycles. The lowest BCUT2D eigenvalue weighted by Crippen LogP contribution is -2.47. The van der Waals surface area contributed by atoms with E-state index in [9.17, 15) is 4.79 Å². The van der Waals surface area contributed by atoms with Crippen LogP contribution in [0.15, 0.2) is 12.1 Å². The van der Waals surface area contributed by atoms with Gasteiger partial charge in [0.15, 0.2) is 11.5 Å². The van der Waals surface area contributed by atoms with Gasteiger partial charge in [-0.25, -0.2) is 0 Å². The van der Waals surface area contributed by atoms with Gasteiger partial charge in [0.25, 0.3) is 5.91 Å². The van der Waals surface area contributed by atoms with Crippen LogP contribution in [0.25, 0.3) is 0 Å². The molecule has 26 heavy (non-hydrogen) atoms. The highest BCUT2D eigenvalue weighted by molar-refractivity contribution is 5.92. The Balaban J connectivity index is 1.32. The molecule has 2 saturated heterocycles. The second-order valence-corrected chi connectivity index (χ2v) is 7.54. The summed E-state index contributed by atoms with van der Waals surface area (Å²) in [6.07, 6.45) is 8.98. The van der Waals surface area contributed by atoms with Gasteiger partial charge in [-0.15, -0.1) is 10.2 Å². The zero-order valence-corrected chi connectivity index (χ0v) is 15.3. The summed E-state index contributed by atoms with van der Waals surface area (Å²) in [6, 6.07) is 4.12. The number of rotatable bonds is 3. The second-order valence-electron chi connectivity index (χ2n) is 7.54. The molecule has 142 valence electrons. The minimum absolute atomic E-state index is 0.0636. The number of hydrogen-bond acceptors (Lipinski definition) is 6. The minimum atomic E-state index is -0.463. The lowest BCUT2D eigenvalue weighted by atomic mass is 10.0. The number of hydrogen-bond donors (Lipinski definition) is 1. The smallest absolute Gasteiger partial charge is 0.274 e. The maximum atomic E-state index is 12.7. The van der Waals surface area contributed by atoms with Gasteiger partial charge in [0.1, 0.15) is 5.82 Å². The van der Waals surface area contributed by atoms with Crippen LogP contribution in [-0.2, 0) is 9.47 Å². The summed E-state index contributed by atoms with van der Waals surface area (Å²) in [4.78, 5) is 14.5. The molecule has 1 amide bonds. The van der Waals surface area contributed by atoms with Crippen LogP contribution in [-0.4, -0.2) is 59.1 Å². The van der Waals surface area contributed by atoms with Gasteiger partial charge in [-0.1, -0.05) is 25.7 Å². The molecule has 0 bridgehead atoms. The number of amides is 1. The van der Waals surface area contributed by atoms with Gasteiger partial charge >= 0.3 is 0 Å². The van der Waals surface area contributed by atoms with Gasteiger partial charge in [0, 0.05) is 32.0 Å². The average molecular weight is 360 g/mol. The van der Waals surface area contributed by atoms with Crippen LogP contribution < -0.4 is 5.32 Å².